The van der Waals surface area contributed by atoms with Gasteiger partial charge in [-0.15, -0.1) is 0 Å². The molecule has 0 atom stereocenters. The van der Waals surface area contributed by atoms with Crippen molar-refractivity contribution in [2.45, 2.75) is 39.3 Å². The first-order valence-corrected chi connectivity index (χ1v) is 8.83. The molecule has 0 aliphatic carbocycles. The van der Waals surface area contributed by atoms with E-state index in [4.69, 9.17) is 0 Å². The van der Waals surface area contributed by atoms with E-state index in [2.05, 4.69) is 45.3 Å². The molecule has 1 heterocycles. The number of carbonyl (C=O) groups is 1. The topological polar surface area (TPSA) is 44.4 Å². The van der Waals surface area contributed by atoms with Gasteiger partial charge in [-0.2, -0.15) is 0 Å². The molecule has 4 nitrogen and oxygen atoms in total. The average Bonchev–Trinajstić information content (AvgIpc) is 2.47. The fourth-order valence-electron chi connectivity index (χ4n) is 2.84. The molecule has 2 amide bonds. The van der Waals surface area contributed by atoms with Crippen molar-refractivity contribution in [3.63, 3.8) is 0 Å². The minimum atomic E-state index is -0.0673. The molecule has 0 spiro atoms. The highest BCUT2D eigenvalue weighted by molar-refractivity contribution is 9.10. The van der Waals surface area contributed by atoms with E-state index in [9.17, 15) is 4.79 Å². The smallest absolute Gasteiger partial charge is 0.315 e. The molecular weight excluding hydrogens is 342 g/mol. The molecule has 1 aliphatic heterocycles. The Kier molecular flexibility index (Phi) is 6.70. The van der Waals surface area contributed by atoms with E-state index in [0.717, 1.165) is 42.5 Å². The van der Waals surface area contributed by atoms with Crippen molar-refractivity contribution >= 4 is 22.0 Å². The zero-order chi connectivity index (χ0) is 15.9. The summed E-state index contributed by atoms with van der Waals surface area (Å²) in [4.78, 5) is 14.5. The quantitative estimate of drug-likeness (QED) is 0.837. The summed E-state index contributed by atoms with van der Waals surface area (Å²) in [5.41, 5.74) is 1.09. The average molecular weight is 368 g/mol. The molecule has 1 saturated heterocycles. The zero-order valence-electron chi connectivity index (χ0n) is 13.4. The van der Waals surface area contributed by atoms with Crippen LogP contribution in [0.5, 0.6) is 0 Å². The Bertz CT molecular complexity index is 485. The van der Waals surface area contributed by atoms with Gasteiger partial charge in [0.2, 0.25) is 0 Å². The van der Waals surface area contributed by atoms with Gasteiger partial charge in [-0.05, 0) is 36.5 Å². The molecule has 0 aromatic heterocycles. The van der Waals surface area contributed by atoms with Gasteiger partial charge in [-0.1, -0.05) is 41.9 Å². The van der Waals surface area contributed by atoms with Gasteiger partial charge in [0.15, 0.2) is 0 Å². The fraction of sp³-hybridized carbons (Fsp3) is 0.588. The highest BCUT2D eigenvalue weighted by Crippen LogP contribution is 2.13. The number of nitrogens with one attached hydrogen (secondary N) is 2. The molecule has 1 aromatic carbocycles. The van der Waals surface area contributed by atoms with E-state index in [1.54, 1.807) is 0 Å². The third kappa shape index (κ3) is 5.97. The van der Waals surface area contributed by atoms with Crippen LogP contribution in [0.2, 0.25) is 0 Å². The Balaban J connectivity index is 1.68. The molecule has 1 aromatic rings. The standard InChI is InChI=1S/C17H26BrN3O/c1-13(2)12-21-8-6-16(7-9-21)20-17(22)19-11-14-4-3-5-15(18)10-14/h3-5,10,13,16H,6-9,11-12H2,1-2H3,(H2,19,20,22). The maximum atomic E-state index is 12.0. The first kappa shape index (κ1) is 17.3. The van der Waals surface area contributed by atoms with Gasteiger partial charge >= 0.3 is 6.03 Å². The van der Waals surface area contributed by atoms with Crippen molar-refractivity contribution < 1.29 is 4.79 Å². The monoisotopic (exact) mass is 367 g/mol. The van der Waals surface area contributed by atoms with Gasteiger partial charge in [0.1, 0.15) is 0 Å². The lowest BCUT2D eigenvalue weighted by Crippen LogP contribution is -2.48. The van der Waals surface area contributed by atoms with Gasteiger partial charge in [0.25, 0.3) is 0 Å². The molecular formula is C17H26BrN3O. The lowest BCUT2D eigenvalue weighted by Gasteiger charge is -2.33. The summed E-state index contributed by atoms with van der Waals surface area (Å²) >= 11 is 3.44. The van der Waals surface area contributed by atoms with Crippen LogP contribution in [-0.4, -0.2) is 36.6 Å². The highest BCUT2D eigenvalue weighted by Gasteiger charge is 2.20. The second kappa shape index (κ2) is 8.53. The molecule has 2 N–H and O–H groups in total. The minimum Gasteiger partial charge on any atom is -0.335 e. The van der Waals surface area contributed by atoms with Gasteiger partial charge < -0.3 is 15.5 Å². The maximum Gasteiger partial charge on any atom is 0.315 e. The normalized spacial score (nSPS) is 16.7. The Hall–Kier alpha value is -1.07. The summed E-state index contributed by atoms with van der Waals surface area (Å²) in [5, 5.41) is 6.02. The number of hydrogen-bond acceptors (Lipinski definition) is 2. The predicted molar refractivity (Wildman–Crippen MR) is 93.8 cm³/mol. The van der Waals surface area contributed by atoms with E-state index >= 15 is 0 Å². The number of benzene rings is 1. The van der Waals surface area contributed by atoms with Crippen molar-refractivity contribution in [1.29, 1.82) is 0 Å². The lowest BCUT2D eigenvalue weighted by molar-refractivity contribution is 0.178. The van der Waals surface area contributed by atoms with Crippen LogP contribution < -0.4 is 10.6 Å². The molecule has 0 bridgehead atoms. The summed E-state index contributed by atoms with van der Waals surface area (Å²) in [6, 6.07) is 8.21. The van der Waals surface area contributed by atoms with Crippen molar-refractivity contribution in [2.75, 3.05) is 19.6 Å². The molecule has 122 valence electrons. The van der Waals surface area contributed by atoms with Gasteiger partial charge in [0.05, 0.1) is 0 Å². The van der Waals surface area contributed by atoms with E-state index in [1.165, 1.54) is 0 Å². The molecule has 5 heteroatoms. The Morgan fingerprint density at radius 2 is 2.09 bits per heavy atom. The van der Waals surface area contributed by atoms with Crippen molar-refractivity contribution in [2.24, 2.45) is 5.92 Å². The van der Waals surface area contributed by atoms with Crippen LogP contribution in [0.4, 0.5) is 4.79 Å². The SMILES string of the molecule is CC(C)CN1CCC(NC(=O)NCc2cccc(Br)c2)CC1. The number of halogens is 1. The third-order valence-electron chi connectivity index (χ3n) is 3.89. The molecule has 1 aliphatic rings. The molecule has 0 radical (unpaired) electrons. The largest absolute Gasteiger partial charge is 0.335 e. The Morgan fingerprint density at radius 3 is 2.73 bits per heavy atom. The van der Waals surface area contributed by atoms with Crippen LogP contribution in [0.3, 0.4) is 0 Å². The van der Waals surface area contributed by atoms with Crippen molar-refractivity contribution in [3.05, 3.63) is 34.3 Å². The number of piperidine rings is 1. The summed E-state index contributed by atoms with van der Waals surface area (Å²) < 4.78 is 1.03. The van der Waals surface area contributed by atoms with E-state index in [-0.39, 0.29) is 6.03 Å². The molecule has 22 heavy (non-hydrogen) atoms. The highest BCUT2D eigenvalue weighted by atomic mass is 79.9. The number of hydrogen-bond donors (Lipinski definition) is 2. The fourth-order valence-corrected chi connectivity index (χ4v) is 3.29. The number of likely N-dealkylation sites (tertiary alicyclic amines) is 1. The predicted octanol–water partition coefficient (Wildman–Crippen LogP) is 3.37. The second-order valence-electron chi connectivity index (χ2n) is 6.43. The van der Waals surface area contributed by atoms with E-state index in [1.807, 2.05) is 24.3 Å². The summed E-state index contributed by atoms with van der Waals surface area (Å²) in [6.45, 7) is 8.36. The van der Waals surface area contributed by atoms with E-state index < -0.39 is 0 Å². The van der Waals surface area contributed by atoms with Crippen LogP contribution >= 0.6 is 15.9 Å². The summed E-state index contributed by atoms with van der Waals surface area (Å²) in [6.07, 6.45) is 2.08. The molecule has 2 rings (SSSR count). The van der Waals surface area contributed by atoms with E-state index in [0.29, 0.717) is 18.5 Å². The second-order valence-corrected chi connectivity index (χ2v) is 7.34. The van der Waals surface area contributed by atoms with Gasteiger partial charge in [-0.25, -0.2) is 4.79 Å². The number of carbonyl (C=O) groups excluding carboxylic acids is 1. The minimum absolute atomic E-state index is 0.0673. The maximum absolute atomic E-state index is 12.0. The lowest BCUT2D eigenvalue weighted by atomic mass is 10.0. The third-order valence-corrected chi connectivity index (χ3v) is 4.38. The number of amides is 2. The van der Waals surface area contributed by atoms with Gasteiger partial charge in [0, 0.05) is 36.7 Å². The molecule has 0 saturated carbocycles. The van der Waals surface area contributed by atoms with Crippen LogP contribution in [0.25, 0.3) is 0 Å². The van der Waals surface area contributed by atoms with Crippen LogP contribution in [0, 0.1) is 5.92 Å². The zero-order valence-corrected chi connectivity index (χ0v) is 15.0. The first-order valence-electron chi connectivity index (χ1n) is 8.04. The van der Waals surface area contributed by atoms with Gasteiger partial charge in [-0.3, -0.25) is 0 Å². The Labute approximate surface area is 141 Å². The number of rotatable bonds is 5. The Morgan fingerprint density at radius 1 is 1.36 bits per heavy atom. The van der Waals surface area contributed by atoms with Crippen LogP contribution in [0.1, 0.15) is 32.3 Å². The van der Waals surface area contributed by atoms with Crippen LogP contribution in [-0.2, 0) is 6.54 Å². The number of nitrogens with zero attached hydrogens (tertiary/aromatic N) is 1. The van der Waals surface area contributed by atoms with Crippen molar-refractivity contribution in [1.82, 2.24) is 15.5 Å². The molecule has 0 unspecified atom stereocenters. The summed E-state index contributed by atoms with van der Waals surface area (Å²) in [7, 11) is 0. The summed E-state index contributed by atoms with van der Waals surface area (Å²) in [5.74, 6) is 0.706. The van der Waals surface area contributed by atoms with Crippen LogP contribution in [0.15, 0.2) is 28.7 Å². The van der Waals surface area contributed by atoms with Crippen molar-refractivity contribution in [3.8, 4) is 0 Å². The number of urea groups is 1. The molecule has 1 fully saturated rings. The first-order chi connectivity index (χ1) is 10.5.